The monoisotopic (exact) mass is 257 g/mol. The van der Waals surface area contributed by atoms with Crippen LogP contribution < -0.4 is 5.32 Å². The Morgan fingerprint density at radius 2 is 1.94 bits per heavy atom. The first-order chi connectivity index (χ1) is 8.17. The summed E-state index contributed by atoms with van der Waals surface area (Å²) in [5.41, 5.74) is 0.911. The lowest BCUT2D eigenvalue weighted by atomic mass is 10.0. The van der Waals surface area contributed by atoms with Gasteiger partial charge < -0.3 is 5.32 Å². The van der Waals surface area contributed by atoms with Crippen molar-refractivity contribution in [2.75, 3.05) is 6.54 Å². The summed E-state index contributed by atoms with van der Waals surface area (Å²) in [7, 11) is 0. The van der Waals surface area contributed by atoms with E-state index in [0.29, 0.717) is 5.25 Å². The van der Waals surface area contributed by atoms with Gasteiger partial charge in [0.1, 0.15) is 0 Å². The lowest BCUT2D eigenvalue weighted by molar-refractivity contribution is 0.485. The number of fused-ring (bicyclic) bond motifs is 1. The molecule has 0 spiro atoms. The molecule has 0 saturated heterocycles. The summed E-state index contributed by atoms with van der Waals surface area (Å²) in [6, 6.07) is 2.82. The Hall–Kier alpha value is -0.610. The molecule has 0 saturated carbocycles. The lowest BCUT2D eigenvalue weighted by Gasteiger charge is -2.19. The van der Waals surface area contributed by atoms with Gasteiger partial charge in [0, 0.05) is 16.2 Å². The van der Waals surface area contributed by atoms with Crippen LogP contribution in [-0.2, 0) is 0 Å². The third kappa shape index (κ3) is 2.47. The van der Waals surface area contributed by atoms with E-state index in [4.69, 9.17) is 0 Å². The van der Waals surface area contributed by atoms with E-state index in [0.717, 1.165) is 29.8 Å². The third-order valence-electron chi connectivity index (χ3n) is 3.05. The van der Waals surface area contributed by atoms with Gasteiger partial charge in [0.05, 0.1) is 0 Å². The maximum atomic E-state index is 13.3. The van der Waals surface area contributed by atoms with Crippen LogP contribution >= 0.6 is 11.8 Å². The van der Waals surface area contributed by atoms with Crippen molar-refractivity contribution in [1.29, 1.82) is 0 Å². The summed E-state index contributed by atoms with van der Waals surface area (Å²) >= 11 is 1.65. The largest absolute Gasteiger partial charge is 0.309 e. The molecule has 0 aliphatic carbocycles. The number of benzene rings is 1. The molecule has 1 N–H and O–H groups in total. The van der Waals surface area contributed by atoms with Crippen LogP contribution in [0.3, 0.4) is 0 Å². The van der Waals surface area contributed by atoms with Gasteiger partial charge in [-0.05, 0) is 37.1 Å². The van der Waals surface area contributed by atoms with E-state index in [1.807, 2.05) is 0 Å². The van der Waals surface area contributed by atoms with Gasteiger partial charge in [-0.1, -0.05) is 13.8 Å². The number of hydrogen-bond donors (Lipinski definition) is 1. The number of hydrogen-bond acceptors (Lipinski definition) is 2. The molecule has 0 fully saturated rings. The molecule has 1 aliphatic rings. The lowest BCUT2D eigenvalue weighted by Crippen LogP contribution is -2.27. The fourth-order valence-electron chi connectivity index (χ4n) is 2.18. The van der Waals surface area contributed by atoms with Crippen molar-refractivity contribution in [3.63, 3.8) is 0 Å². The van der Waals surface area contributed by atoms with Gasteiger partial charge in [-0.3, -0.25) is 0 Å². The predicted molar refractivity (Wildman–Crippen MR) is 67.3 cm³/mol. The summed E-state index contributed by atoms with van der Waals surface area (Å²) in [5, 5.41) is 3.80. The molecule has 0 bridgehead atoms. The van der Waals surface area contributed by atoms with Crippen LogP contribution in [-0.4, -0.2) is 11.8 Å². The number of halogens is 2. The highest BCUT2D eigenvalue weighted by Gasteiger charge is 2.32. The molecule has 1 heterocycles. The molecule has 94 valence electrons. The molecule has 1 aromatic carbocycles. The quantitative estimate of drug-likeness (QED) is 0.878. The van der Waals surface area contributed by atoms with Crippen molar-refractivity contribution in [2.24, 2.45) is 0 Å². The van der Waals surface area contributed by atoms with Crippen molar-refractivity contribution < 1.29 is 8.78 Å². The molecule has 4 heteroatoms. The minimum atomic E-state index is -0.748. The first-order valence-electron chi connectivity index (χ1n) is 6.06. The zero-order chi connectivity index (χ0) is 12.4. The topological polar surface area (TPSA) is 12.0 Å². The maximum Gasteiger partial charge on any atom is 0.159 e. The fourth-order valence-corrected chi connectivity index (χ4v) is 3.55. The Bertz CT molecular complexity index is 409. The van der Waals surface area contributed by atoms with Crippen LogP contribution in [0.25, 0.3) is 0 Å². The Morgan fingerprint density at radius 1 is 1.24 bits per heavy atom. The molecule has 0 aromatic heterocycles. The van der Waals surface area contributed by atoms with E-state index >= 15 is 0 Å². The Morgan fingerprint density at radius 3 is 2.59 bits per heavy atom. The molecule has 1 aromatic rings. The zero-order valence-electron chi connectivity index (χ0n) is 10.1. The van der Waals surface area contributed by atoms with Crippen LogP contribution in [0.4, 0.5) is 8.78 Å². The van der Waals surface area contributed by atoms with Crippen LogP contribution in [0.15, 0.2) is 17.0 Å². The van der Waals surface area contributed by atoms with Gasteiger partial charge in [-0.15, -0.1) is 11.8 Å². The zero-order valence-corrected chi connectivity index (χ0v) is 10.9. The Labute approximate surface area is 105 Å². The molecular weight excluding hydrogens is 240 g/mol. The highest BCUT2D eigenvalue weighted by atomic mass is 32.2. The minimum Gasteiger partial charge on any atom is -0.309 e. The molecule has 17 heavy (non-hydrogen) atoms. The van der Waals surface area contributed by atoms with Crippen molar-refractivity contribution in [3.05, 3.63) is 29.3 Å². The standard InChI is InChI=1S/C13H17F2NS/c1-3-5-16-13-8-6-9(14)10(15)7-12(8)17-11(13)4-2/h6-7,11,13,16H,3-5H2,1-2H3. The number of nitrogens with one attached hydrogen (secondary N) is 1. The molecule has 2 unspecified atom stereocenters. The van der Waals surface area contributed by atoms with Crippen molar-refractivity contribution in [2.45, 2.75) is 42.9 Å². The number of rotatable bonds is 4. The first-order valence-corrected chi connectivity index (χ1v) is 6.94. The summed E-state index contributed by atoms with van der Waals surface area (Å²) in [5.74, 6) is -1.49. The van der Waals surface area contributed by atoms with E-state index in [9.17, 15) is 8.78 Å². The molecule has 1 aliphatic heterocycles. The van der Waals surface area contributed by atoms with Gasteiger partial charge in [0.25, 0.3) is 0 Å². The van der Waals surface area contributed by atoms with Gasteiger partial charge >= 0.3 is 0 Å². The normalized spacial score (nSPS) is 22.8. The minimum absolute atomic E-state index is 0.148. The highest BCUT2D eigenvalue weighted by Crippen LogP contribution is 2.46. The van der Waals surface area contributed by atoms with Gasteiger partial charge in [-0.2, -0.15) is 0 Å². The average Bonchev–Trinajstić information content (AvgIpc) is 2.64. The first kappa shape index (κ1) is 12.8. The molecule has 0 radical (unpaired) electrons. The van der Waals surface area contributed by atoms with E-state index in [2.05, 4.69) is 19.2 Å². The highest BCUT2D eigenvalue weighted by molar-refractivity contribution is 8.00. The fraction of sp³-hybridized carbons (Fsp3) is 0.538. The molecule has 2 atom stereocenters. The smallest absolute Gasteiger partial charge is 0.159 e. The predicted octanol–water partition coefficient (Wildman–Crippen LogP) is 3.89. The van der Waals surface area contributed by atoms with E-state index in [1.165, 1.54) is 12.1 Å². The van der Waals surface area contributed by atoms with Gasteiger partial charge in [0.15, 0.2) is 11.6 Å². The SMILES string of the molecule is CCCNC1c2cc(F)c(F)cc2SC1CC. The van der Waals surface area contributed by atoms with E-state index in [1.54, 1.807) is 11.8 Å². The van der Waals surface area contributed by atoms with Crippen LogP contribution in [0, 0.1) is 11.6 Å². The van der Waals surface area contributed by atoms with Crippen molar-refractivity contribution in [3.8, 4) is 0 Å². The number of thioether (sulfide) groups is 1. The maximum absolute atomic E-state index is 13.3. The van der Waals surface area contributed by atoms with Gasteiger partial charge in [0.2, 0.25) is 0 Å². The summed E-state index contributed by atoms with van der Waals surface area (Å²) in [6.45, 7) is 5.11. The van der Waals surface area contributed by atoms with Crippen molar-refractivity contribution in [1.82, 2.24) is 5.32 Å². The Balaban J connectivity index is 2.30. The average molecular weight is 257 g/mol. The van der Waals surface area contributed by atoms with Crippen LogP contribution in [0.5, 0.6) is 0 Å². The summed E-state index contributed by atoms with van der Waals surface area (Å²) < 4.78 is 26.5. The molecule has 0 amide bonds. The molecule has 1 nitrogen and oxygen atoms in total. The second kappa shape index (κ2) is 5.36. The van der Waals surface area contributed by atoms with E-state index in [-0.39, 0.29) is 6.04 Å². The van der Waals surface area contributed by atoms with Crippen LogP contribution in [0.1, 0.15) is 38.3 Å². The van der Waals surface area contributed by atoms with Crippen molar-refractivity contribution >= 4 is 11.8 Å². The van der Waals surface area contributed by atoms with Gasteiger partial charge in [-0.25, -0.2) is 8.78 Å². The Kier molecular flexibility index (Phi) is 4.05. The second-order valence-corrected chi connectivity index (χ2v) is 5.58. The van der Waals surface area contributed by atoms with Crippen LogP contribution in [0.2, 0.25) is 0 Å². The molecular formula is C13H17F2NS. The summed E-state index contributed by atoms with van der Waals surface area (Å²) in [6.07, 6.45) is 2.03. The second-order valence-electron chi connectivity index (χ2n) is 4.30. The molecule has 2 rings (SSSR count). The summed E-state index contributed by atoms with van der Waals surface area (Å²) in [4.78, 5) is 0.879. The van der Waals surface area contributed by atoms with E-state index < -0.39 is 11.6 Å². The third-order valence-corrected chi connectivity index (χ3v) is 4.57.